The fraction of sp³-hybridized carbons (Fsp3) is 0.217. The molecule has 0 aliphatic carbocycles. The maximum Gasteiger partial charge on any atom is 0.416 e. The van der Waals surface area contributed by atoms with E-state index in [1.807, 2.05) is 37.3 Å². The molecule has 0 atom stereocenters. The number of hydrogen-bond donors (Lipinski definition) is 1. The molecule has 3 rings (SSSR count). The van der Waals surface area contributed by atoms with Gasteiger partial charge in [0.1, 0.15) is 0 Å². The van der Waals surface area contributed by atoms with E-state index in [0.717, 1.165) is 34.5 Å². The number of aliphatic carboxylic acids is 1. The van der Waals surface area contributed by atoms with Crippen LogP contribution < -0.4 is 0 Å². The van der Waals surface area contributed by atoms with Gasteiger partial charge in [-0.15, -0.1) is 0 Å². The highest BCUT2D eigenvalue weighted by atomic mass is 19.4. The molecule has 3 aromatic rings. The number of hydrogen-bond acceptors (Lipinski definition) is 2. The van der Waals surface area contributed by atoms with Gasteiger partial charge in [-0.05, 0) is 42.7 Å². The summed E-state index contributed by atoms with van der Waals surface area (Å²) in [5, 5.41) is 13.5. The normalized spacial score (nSPS) is 11.9. The summed E-state index contributed by atoms with van der Waals surface area (Å²) in [5.74, 6) is -0.884. The van der Waals surface area contributed by atoms with Crippen molar-refractivity contribution < 1.29 is 23.1 Å². The molecule has 0 unspecified atom stereocenters. The lowest BCUT2D eigenvalue weighted by Crippen LogP contribution is -2.06. The molecule has 7 heteroatoms. The highest BCUT2D eigenvalue weighted by Crippen LogP contribution is 2.29. The predicted octanol–water partition coefficient (Wildman–Crippen LogP) is 5.36. The van der Waals surface area contributed by atoms with Gasteiger partial charge < -0.3 is 5.11 Å². The third kappa shape index (κ3) is 5.17. The molecule has 0 spiro atoms. The van der Waals surface area contributed by atoms with Crippen molar-refractivity contribution in [3.05, 3.63) is 87.7 Å². The van der Waals surface area contributed by atoms with Gasteiger partial charge in [-0.1, -0.05) is 48.6 Å². The van der Waals surface area contributed by atoms with Gasteiger partial charge in [-0.2, -0.15) is 18.3 Å². The molecule has 0 amide bonds. The number of halogens is 3. The van der Waals surface area contributed by atoms with E-state index < -0.39 is 17.7 Å². The first-order chi connectivity index (χ1) is 14.1. The Hall–Kier alpha value is -3.35. The van der Waals surface area contributed by atoms with Crippen molar-refractivity contribution >= 4 is 18.1 Å². The molecule has 0 radical (unpaired) electrons. The summed E-state index contributed by atoms with van der Waals surface area (Å²) in [5.41, 5.74) is 4.22. The summed E-state index contributed by atoms with van der Waals surface area (Å²) in [4.78, 5) is 11.0. The lowest BCUT2D eigenvalue weighted by Gasteiger charge is -2.06. The number of alkyl halides is 3. The second-order valence-electron chi connectivity index (χ2n) is 7.07. The lowest BCUT2D eigenvalue weighted by atomic mass is 10.1. The average molecular weight is 414 g/mol. The molecule has 0 aliphatic heterocycles. The van der Waals surface area contributed by atoms with Gasteiger partial charge in [0.15, 0.2) is 0 Å². The standard InChI is InChI=1S/C23H21F3N2O2/c1-15-21(13-22(29)30)16(2)28(27-15)14-19-7-5-17(6-8-19)3-4-18-9-11-20(12-10-18)23(24,25)26/h3-12H,13-14H2,1-2H3,(H,29,30)/b4-3+. The monoisotopic (exact) mass is 414 g/mol. The average Bonchev–Trinajstić information content (AvgIpc) is 2.94. The van der Waals surface area contributed by atoms with Gasteiger partial charge in [0.25, 0.3) is 0 Å². The van der Waals surface area contributed by atoms with Crippen molar-refractivity contribution in [2.24, 2.45) is 0 Å². The largest absolute Gasteiger partial charge is 0.481 e. The Labute approximate surface area is 172 Å². The quantitative estimate of drug-likeness (QED) is 0.552. The van der Waals surface area contributed by atoms with Crippen LogP contribution in [0, 0.1) is 13.8 Å². The number of aromatic nitrogens is 2. The van der Waals surface area contributed by atoms with Crippen LogP contribution in [0.5, 0.6) is 0 Å². The molecule has 0 saturated carbocycles. The summed E-state index contributed by atoms with van der Waals surface area (Å²) >= 11 is 0. The van der Waals surface area contributed by atoms with Crippen LogP contribution in [0.3, 0.4) is 0 Å². The van der Waals surface area contributed by atoms with Gasteiger partial charge in [0.05, 0.1) is 24.2 Å². The topological polar surface area (TPSA) is 55.1 Å². The van der Waals surface area contributed by atoms with Gasteiger partial charge in [-0.3, -0.25) is 9.48 Å². The number of nitrogens with zero attached hydrogens (tertiary/aromatic N) is 2. The lowest BCUT2D eigenvalue weighted by molar-refractivity contribution is -0.138. The minimum atomic E-state index is -4.34. The number of carboxylic acid groups (broad SMARTS) is 1. The number of rotatable bonds is 6. The van der Waals surface area contributed by atoms with Gasteiger partial charge in [0.2, 0.25) is 0 Å². The van der Waals surface area contributed by atoms with E-state index in [9.17, 15) is 18.0 Å². The Bertz CT molecular complexity index is 1060. The first-order valence-electron chi connectivity index (χ1n) is 9.32. The number of carbonyl (C=O) groups is 1. The Balaban J connectivity index is 1.68. The maximum atomic E-state index is 12.6. The molecule has 0 bridgehead atoms. The van der Waals surface area contributed by atoms with Crippen LogP contribution >= 0.6 is 0 Å². The first-order valence-corrected chi connectivity index (χ1v) is 9.32. The van der Waals surface area contributed by atoms with Crippen LogP contribution in [0.25, 0.3) is 12.2 Å². The molecule has 1 N–H and O–H groups in total. The van der Waals surface area contributed by atoms with Crippen LogP contribution in [0.1, 0.15) is 39.2 Å². The van der Waals surface area contributed by atoms with Crippen molar-refractivity contribution in [1.29, 1.82) is 0 Å². The SMILES string of the molecule is Cc1nn(Cc2ccc(/C=C/c3ccc(C(F)(F)F)cc3)cc2)c(C)c1CC(=O)O. The van der Waals surface area contributed by atoms with Crippen molar-refractivity contribution in [1.82, 2.24) is 9.78 Å². The van der Waals surface area contributed by atoms with Crippen LogP contribution in [-0.4, -0.2) is 20.9 Å². The van der Waals surface area contributed by atoms with Crippen molar-refractivity contribution in [3.63, 3.8) is 0 Å². The number of carboxylic acids is 1. The third-order valence-electron chi connectivity index (χ3n) is 4.88. The maximum absolute atomic E-state index is 12.6. The van der Waals surface area contributed by atoms with Gasteiger partial charge >= 0.3 is 12.1 Å². The molecule has 0 aliphatic rings. The van der Waals surface area contributed by atoms with E-state index >= 15 is 0 Å². The van der Waals surface area contributed by atoms with E-state index in [4.69, 9.17) is 5.11 Å². The smallest absolute Gasteiger partial charge is 0.416 e. The highest BCUT2D eigenvalue weighted by Gasteiger charge is 2.29. The van der Waals surface area contributed by atoms with Crippen molar-refractivity contribution in [2.75, 3.05) is 0 Å². The number of aryl methyl sites for hydroxylation is 1. The summed E-state index contributed by atoms with van der Waals surface area (Å²) in [7, 11) is 0. The Morgan fingerprint density at radius 1 is 1.00 bits per heavy atom. The molecule has 4 nitrogen and oxygen atoms in total. The molecule has 0 saturated heterocycles. The fourth-order valence-corrected chi connectivity index (χ4v) is 3.18. The molecular weight excluding hydrogens is 393 g/mol. The summed E-state index contributed by atoms with van der Waals surface area (Å²) in [6, 6.07) is 12.7. The summed E-state index contributed by atoms with van der Waals surface area (Å²) in [6.07, 6.45) is -0.793. The van der Waals surface area contributed by atoms with Crippen molar-refractivity contribution in [3.8, 4) is 0 Å². The van der Waals surface area contributed by atoms with Gasteiger partial charge in [0, 0.05) is 11.3 Å². The van der Waals surface area contributed by atoms with Crippen LogP contribution in [0.4, 0.5) is 13.2 Å². The molecular formula is C23H21F3N2O2. The molecule has 1 aromatic heterocycles. The van der Waals surface area contributed by atoms with E-state index in [1.165, 1.54) is 12.1 Å². The Kier molecular flexibility index (Phi) is 6.10. The van der Waals surface area contributed by atoms with Crippen LogP contribution in [0.15, 0.2) is 48.5 Å². The first kappa shape index (κ1) is 21.4. The van der Waals surface area contributed by atoms with Crippen molar-refractivity contribution in [2.45, 2.75) is 33.0 Å². The second-order valence-corrected chi connectivity index (χ2v) is 7.07. The Morgan fingerprint density at radius 2 is 1.53 bits per heavy atom. The van der Waals surface area contributed by atoms with Crippen LogP contribution in [-0.2, 0) is 23.9 Å². The third-order valence-corrected chi connectivity index (χ3v) is 4.88. The van der Waals surface area contributed by atoms with E-state index in [1.54, 1.807) is 17.7 Å². The van der Waals surface area contributed by atoms with E-state index in [2.05, 4.69) is 5.10 Å². The molecule has 30 heavy (non-hydrogen) atoms. The van der Waals surface area contributed by atoms with Gasteiger partial charge in [-0.25, -0.2) is 0 Å². The zero-order valence-corrected chi connectivity index (χ0v) is 16.6. The molecule has 156 valence electrons. The zero-order chi connectivity index (χ0) is 21.9. The zero-order valence-electron chi connectivity index (χ0n) is 16.6. The number of benzene rings is 2. The minimum Gasteiger partial charge on any atom is -0.481 e. The minimum absolute atomic E-state index is 0.0502. The van der Waals surface area contributed by atoms with E-state index in [-0.39, 0.29) is 6.42 Å². The summed E-state index contributed by atoms with van der Waals surface area (Å²) in [6.45, 7) is 4.19. The molecule has 0 fully saturated rings. The molecule has 1 heterocycles. The predicted molar refractivity (Wildman–Crippen MR) is 109 cm³/mol. The second kappa shape index (κ2) is 8.57. The fourth-order valence-electron chi connectivity index (χ4n) is 3.18. The Morgan fingerprint density at radius 3 is 2.03 bits per heavy atom. The highest BCUT2D eigenvalue weighted by molar-refractivity contribution is 5.71. The summed E-state index contributed by atoms with van der Waals surface area (Å²) < 4.78 is 39.6. The molecule has 2 aromatic carbocycles. The van der Waals surface area contributed by atoms with E-state index in [0.29, 0.717) is 17.8 Å². The van der Waals surface area contributed by atoms with Crippen LogP contribution in [0.2, 0.25) is 0 Å².